The number of hydrogen-bond donors (Lipinski definition) is 0. The SMILES string of the molecule is CSc1ccc([C@@H]2C(C(=O)OC(C)C)=C(C)N=c3s/c(=C/c4cccc(OCc5ccc(Cl)cc5)c4)c(=O)n32)cc1. The second kappa shape index (κ2) is 12.5. The summed E-state index contributed by atoms with van der Waals surface area (Å²) < 4.78 is 13.7. The molecule has 0 saturated carbocycles. The van der Waals surface area contributed by atoms with Crippen LogP contribution in [0.3, 0.4) is 0 Å². The van der Waals surface area contributed by atoms with Gasteiger partial charge in [-0.1, -0.05) is 59.3 Å². The van der Waals surface area contributed by atoms with E-state index in [1.165, 1.54) is 11.3 Å². The van der Waals surface area contributed by atoms with Crippen molar-refractivity contribution in [1.82, 2.24) is 4.57 Å². The standard InChI is InChI=1S/C32H29ClN2O4S2/c1-19(2)39-31(37)28-20(3)34-32-35(29(28)23-10-14-26(40-4)15-11-23)30(36)27(41-32)17-22-6-5-7-25(16-22)38-18-21-8-12-24(33)13-9-21/h5-17,19,29H,18H2,1-4H3/b27-17+/t29-/m1/s1. The molecular formula is C32H29ClN2O4S2. The molecule has 41 heavy (non-hydrogen) atoms. The zero-order chi connectivity index (χ0) is 29.1. The van der Waals surface area contributed by atoms with Gasteiger partial charge in [-0.25, -0.2) is 9.79 Å². The molecule has 0 spiro atoms. The van der Waals surface area contributed by atoms with E-state index in [2.05, 4.69) is 4.99 Å². The minimum atomic E-state index is -0.649. The Balaban J connectivity index is 1.54. The van der Waals surface area contributed by atoms with Gasteiger partial charge in [-0.2, -0.15) is 0 Å². The number of rotatable bonds is 8. The van der Waals surface area contributed by atoms with Crippen LogP contribution in [-0.2, 0) is 16.1 Å². The van der Waals surface area contributed by atoms with E-state index >= 15 is 0 Å². The third-order valence-electron chi connectivity index (χ3n) is 6.49. The van der Waals surface area contributed by atoms with Gasteiger partial charge in [0.2, 0.25) is 0 Å². The number of halogens is 1. The van der Waals surface area contributed by atoms with E-state index < -0.39 is 12.0 Å². The van der Waals surface area contributed by atoms with E-state index in [0.717, 1.165) is 21.6 Å². The molecule has 1 aliphatic rings. The number of ether oxygens (including phenoxy) is 2. The highest BCUT2D eigenvalue weighted by molar-refractivity contribution is 7.98. The molecule has 4 aromatic rings. The molecule has 6 nitrogen and oxygen atoms in total. The molecule has 9 heteroatoms. The van der Waals surface area contributed by atoms with Crippen LogP contribution in [0.5, 0.6) is 5.75 Å². The molecule has 210 valence electrons. The number of benzene rings is 3. The first-order valence-electron chi connectivity index (χ1n) is 13.1. The largest absolute Gasteiger partial charge is 0.489 e. The molecular weight excluding hydrogens is 576 g/mol. The van der Waals surface area contributed by atoms with Crippen LogP contribution in [0.1, 0.15) is 43.5 Å². The summed E-state index contributed by atoms with van der Waals surface area (Å²) >= 11 is 8.91. The molecule has 2 heterocycles. The van der Waals surface area contributed by atoms with Crippen LogP contribution in [0.15, 0.2) is 98.7 Å². The Morgan fingerprint density at radius 3 is 2.54 bits per heavy atom. The number of allylic oxidation sites excluding steroid dienone is 1. The molecule has 1 atom stereocenters. The lowest BCUT2D eigenvalue weighted by atomic mass is 9.96. The van der Waals surface area contributed by atoms with Gasteiger partial charge in [-0.15, -0.1) is 11.8 Å². The highest BCUT2D eigenvalue weighted by atomic mass is 35.5. The van der Waals surface area contributed by atoms with Crippen LogP contribution in [-0.4, -0.2) is 22.9 Å². The average molecular weight is 605 g/mol. The summed E-state index contributed by atoms with van der Waals surface area (Å²) in [4.78, 5) is 33.5. The second-order valence-corrected chi connectivity index (χ2v) is 12.1. The normalized spacial score (nSPS) is 15.1. The molecule has 0 fully saturated rings. The number of fused-ring (bicyclic) bond motifs is 1. The summed E-state index contributed by atoms with van der Waals surface area (Å²) in [5, 5.41) is 0.676. The number of thiazole rings is 1. The third kappa shape index (κ3) is 6.50. The summed E-state index contributed by atoms with van der Waals surface area (Å²) in [5.41, 5.74) is 3.33. The molecule has 3 aromatic carbocycles. The topological polar surface area (TPSA) is 69.9 Å². The van der Waals surface area contributed by atoms with Crippen molar-refractivity contribution in [3.8, 4) is 5.75 Å². The molecule has 0 N–H and O–H groups in total. The van der Waals surface area contributed by atoms with Crippen LogP contribution < -0.4 is 19.6 Å². The lowest BCUT2D eigenvalue weighted by molar-refractivity contribution is -0.143. The maximum absolute atomic E-state index is 13.9. The van der Waals surface area contributed by atoms with Gasteiger partial charge >= 0.3 is 5.97 Å². The van der Waals surface area contributed by atoms with Gasteiger partial charge < -0.3 is 9.47 Å². The molecule has 1 aliphatic heterocycles. The van der Waals surface area contributed by atoms with Crippen molar-refractivity contribution in [2.24, 2.45) is 4.99 Å². The number of carbonyl (C=O) groups excluding carboxylic acids is 1. The first-order chi connectivity index (χ1) is 19.7. The number of hydrogen-bond acceptors (Lipinski definition) is 7. The van der Waals surface area contributed by atoms with Crippen LogP contribution >= 0.6 is 34.7 Å². The first-order valence-corrected chi connectivity index (χ1v) is 15.5. The smallest absolute Gasteiger partial charge is 0.338 e. The quantitative estimate of drug-likeness (QED) is 0.178. The Kier molecular flexibility index (Phi) is 8.82. The fraction of sp³-hybridized carbons (Fsp3) is 0.219. The van der Waals surface area contributed by atoms with Gasteiger partial charge in [0.05, 0.1) is 27.9 Å². The Labute approximate surface area is 251 Å². The molecule has 5 rings (SSSR count). The Morgan fingerprint density at radius 2 is 1.85 bits per heavy atom. The summed E-state index contributed by atoms with van der Waals surface area (Å²) in [6.07, 6.45) is 3.53. The molecule has 0 amide bonds. The van der Waals surface area contributed by atoms with Crippen LogP contribution in [0.25, 0.3) is 6.08 Å². The summed E-state index contributed by atoms with van der Waals surface area (Å²) in [6, 6.07) is 22.3. The van der Waals surface area contributed by atoms with Crippen LogP contribution in [0.4, 0.5) is 0 Å². The van der Waals surface area contributed by atoms with Gasteiger partial charge in [0.25, 0.3) is 5.56 Å². The fourth-order valence-corrected chi connectivity index (χ4v) is 6.14. The Bertz CT molecular complexity index is 1790. The van der Waals surface area contributed by atoms with Gasteiger partial charge in [-0.3, -0.25) is 9.36 Å². The molecule has 0 aliphatic carbocycles. The number of nitrogens with zero attached hydrogens (tertiary/aromatic N) is 2. The highest BCUT2D eigenvalue weighted by Gasteiger charge is 2.33. The van der Waals surface area contributed by atoms with Crippen molar-refractivity contribution in [3.63, 3.8) is 0 Å². The fourth-order valence-electron chi connectivity index (χ4n) is 4.55. The molecule has 1 aromatic heterocycles. The van der Waals surface area contributed by atoms with E-state index in [0.29, 0.717) is 38.0 Å². The second-order valence-electron chi connectivity index (χ2n) is 9.80. The zero-order valence-corrected chi connectivity index (χ0v) is 25.5. The van der Waals surface area contributed by atoms with Gasteiger partial charge in [0.15, 0.2) is 4.80 Å². The molecule has 0 unspecified atom stereocenters. The Morgan fingerprint density at radius 1 is 1.12 bits per heavy atom. The van der Waals surface area contributed by atoms with Crippen molar-refractivity contribution in [1.29, 1.82) is 0 Å². The molecule has 0 radical (unpaired) electrons. The summed E-state index contributed by atoms with van der Waals surface area (Å²) in [6.45, 7) is 5.79. The lowest BCUT2D eigenvalue weighted by Crippen LogP contribution is -2.40. The molecule has 0 saturated heterocycles. The minimum absolute atomic E-state index is 0.220. The predicted octanol–water partition coefficient (Wildman–Crippen LogP) is 6.14. The number of thioether (sulfide) groups is 1. The first kappa shape index (κ1) is 28.9. The van der Waals surface area contributed by atoms with Crippen molar-refractivity contribution < 1.29 is 14.3 Å². The number of esters is 1. The summed E-state index contributed by atoms with van der Waals surface area (Å²) in [5.74, 6) is 0.211. The van der Waals surface area contributed by atoms with E-state index in [4.69, 9.17) is 21.1 Å². The van der Waals surface area contributed by atoms with Crippen LogP contribution in [0.2, 0.25) is 5.02 Å². The lowest BCUT2D eigenvalue weighted by Gasteiger charge is -2.25. The highest BCUT2D eigenvalue weighted by Crippen LogP contribution is 2.32. The minimum Gasteiger partial charge on any atom is -0.489 e. The maximum Gasteiger partial charge on any atom is 0.338 e. The van der Waals surface area contributed by atoms with E-state index in [1.807, 2.05) is 85.1 Å². The van der Waals surface area contributed by atoms with Gasteiger partial charge in [0.1, 0.15) is 12.4 Å². The van der Waals surface area contributed by atoms with Crippen molar-refractivity contribution in [2.75, 3.05) is 6.26 Å². The van der Waals surface area contributed by atoms with Gasteiger partial charge in [0, 0.05) is 9.92 Å². The predicted molar refractivity (Wildman–Crippen MR) is 165 cm³/mol. The van der Waals surface area contributed by atoms with Crippen LogP contribution in [0, 0.1) is 0 Å². The molecule has 0 bridgehead atoms. The Hall–Kier alpha value is -3.59. The van der Waals surface area contributed by atoms with E-state index in [-0.39, 0.29) is 11.7 Å². The van der Waals surface area contributed by atoms with Crippen molar-refractivity contribution in [2.45, 2.75) is 44.4 Å². The van der Waals surface area contributed by atoms with E-state index in [9.17, 15) is 9.59 Å². The van der Waals surface area contributed by atoms with Crippen molar-refractivity contribution in [3.05, 3.63) is 125 Å². The number of carbonyl (C=O) groups is 1. The number of aromatic nitrogens is 1. The summed E-state index contributed by atoms with van der Waals surface area (Å²) in [7, 11) is 0. The monoisotopic (exact) mass is 604 g/mol. The average Bonchev–Trinajstić information content (AvgIpc) is 3.25. The third-order valence-corrected chi connectivity index (χ3v) is 8.47. The zero-order valence-electron chi connectivity index (χ0n) is 23.1. The van der Waals surface area contributed by atoms with Gasteiger partial charge in [-0.05, 0) is 86.2 Å². The maximum atomic E-state index is 13.9. The van der Waals surface area contributed by atoms with Crippen molar-refractivity contribution >= 4 is 46.7 Å². The van der Waals surface area contributed by atoms with E-state index in [1.54, 1.807) is 37.1 Å².